The standard InChI is InChI=1S/C31H39NO5S2/c1-6-35-26-19-23(14-17-25(26)37-21-22-12-15-24(16-13-22)31(3,4)5)20-27-29(34)32(30(38)39-27)18-10-8-9-11-28(33)36-7-2/h12-17,19-20H,6-11,18,21H2,1-5H3/b27-20+. The SMILES string of the molecule is CCOC(=O)CCCCCN1C(=O)/C(=C\c2ccc(OCc3ccc(C(C)(C)C)cc3)c(OCC)c2)SC1=S. The van der Waals surface area contributed by atoms with Crippen LogP contribution in [0.25, 0.3) is 6.08 Å². The van der Waals surface area contributed by atoms with Gasteiger partial charge in [0.25, 0.3) is 5.91 Å². The zero-order chi connectivity index (χ0) is 28.4. The highest BCUT2D eigenvalue weighted by Crippen LogP contribution is 2.35. The van der Waals surface area contributed by atoms with Crippen LogP contribution < -0.4 is 9.47 Å². The normalized spacial score (nSPS) is 14.7. The molecule has 0 aliphatic carbocycles. The highest BCUT2D eigenvalue weighted by atomic mass is 32.2. The third kappa shape index (κ3) is 9.11. The first-order chi connectivity index (χ1) is 18.6. The van der Waals surface area contributed by atoms with E-state index in [1.807, 2.05) is 31.2 Å². The van der Waals surface area contributed by atoms with Gasteiger partial charge in [0, 0.05) is 13.0 Å². The predicted molar refractivity (Wildman–Crippen MR) is 162 cm³/mol. The van der Waals surface area contributed by atoms with Crippen LogP contribution in [-0.4, -0.2) is 40.9 Å². The molecule has 0 N–H and O–H groups in total. The smallest absolute Gasteiger partial charge is 0.305 e. The molecule has 0 bridgehead atoms. The lowest BCUT2D eigenvalue weighted by Gasteiger charge is -2.19. The maximum Gasteiger partial charge on any atom is 0.305 e. The first kappa shape index (κ1) is 30.7. The van der Waals surface area contributed by atoms with Crippen molar-refractivity contribution in [3.05, 3.63) is 64.1 Å². The summed E-state index contributed by atoms with van der Waals surface area (Å²) < 4.78 is 17.5. The average Bonchev–Trinajstić information content (AvgIpc) is 3.15. The zero-order valence-electron chi connectivity index (χ0n) is 23.6. The van der Waals surface area contributed by atoms with Crippen molar-refractivity contribution in [1.29, 1.82) is 0 Å². The van der Waals surface area contributed by atoms with Crippen molar-refractivity contribution in [3.63, 3.8) is 0 Å². The maximum atomic E-state index is 13.0. The summed E-state index contributed by atoms with van der Waals surface area (Å²) in [5.41, 5.74) is 3.32. The molecule has 1 fully saturated rings. The minimum absolute atomic E-state index is 0.0904. The van der Waals surface area contributed by atoms with Crippen LogP contribution in [0, 0.1) is 0 Å². The van der Waals surface area contributed by atoms with Crippen LogP contribution in [0.2, 0.25) is 0 Å². The molecule has 1 aliphatic rings. The van der Waals surface area contributed by atoms with Crippen molar-refractivity contribution in [2.75, 3.05) is 19.8 Å². The summed E-state index contributed by atoms with van der Waals surface area (Å²) in [4.78, 5) is 26.7. The molecule has 2 aromatic carbocycles. The number of hydrogen-bond acceptors (Lipinski definition) is 7. The summed E-state index contributed by atoms with van der Waals surface area (Å²) in [7, 11) is 0. The van der Waals surface area contributed by atoms with Gasteiger partial charge in [-0.15, -0.1) is 0 Å². The number of benzene rings is 2. The highest BCUT2D eigenvalue weighted by Gasteiger charge is 2.31. The van der Waals surface area contributed by atoms with Crippen molar-refractivity contribution in [1.82, 2.24) is 4.90 Å². The lowest BCUT2D eigenvalue weighted by molar-refractivity contribution is -0.143. The number of esters is 1. The largest absolute Gasteiger partial charge is 0.490 e. The Labute approximate surface area is 242 Å². The molecule has 0 saturated carbocycles. The van der Waals surface area contributed by atoms with Crippen LogP contribution in [0.15, 0.2) is 47.4 Å². The summed E-state index contributed by atoms with van der Waals surface area (Å²) in [5.74, 6) is 1.02. The number of thiocarbonyl (C=S) groups is 1. The molecule has 8 heteroatoms. The quantitative estimate of drug-likeness (QED) is 0.109. The third-order valence-corrected chi connectivity index (χ3v) is 7.60. The molecule has 3 rings (SSSR count). The monoisotopic (exact) mass is 569 g/mol. The molecule has 1 aliphatic heterocycles. The average molecular weight is 570 g/mol. The van der Waals surface area contributed by atoms with Gasteiger partial charge in [0.1, 0.15) is 10.9 Å². The van der Waals surface area contributed by atoms with Crippen LogP contribution in [0.3, 0.4) is 0 Å². The van der Waals surface area contributed by atoms with Crippen molar-refractivity contribution >= 4 is 46.3 Å². The van der Waals surface area contributed by atoms with Crippen molar-refractivity contribution in [2.45, 2.75) is 72.3 Å². The fourth-order valence-electron chi connectivity index (χ4n) is 4.06. The first-order valence-corrected chi connectivity index (χ1v) is 14.7. The summed E-state index contributed by atoms with van der Waals surface area (Å²) in [5, 5.41) is 0. The van der Waals surface area contributed by atoms with Gasteiger partial charge in [-0.2, -0.15) is 0 Å². The summed E-state index contributed by atoms with van der Waals surface area (Å²) in [6.07, 6.45) is 4.59. The van der Waals surface area contributed by atoms with Crippen molar-refractivity contribution < 1.29 is 23.8 Å². The molecule has 6 nitrogen and oxygen atoms in total. The number of hydrogen-bond donors (Lipinski definition) is 0. The maximum absolute atomic E-state index is 13.0. The van der Waals surface area contributed by atoms with Gasteiger partial charge in [-0.3, -0.25) is 14.5 Å². The van der Waals surface area contributed by atoms with E-state index in [2.05, 4.69) is 45.0 Å². The Morgan fingerprint density at radius 2 is 1.72 bits per heavy atom. The number of thioether (sulfide) groups is 1. The zero-order valence-corrected chi connectivity index (χ0v) is 25.2. The minimum atomic E-state index is -0.177. The number of ether oxygens (including phenoxy) is 3. The Kier molecular flexibility index (Phi) is 11.4. The number of nitrogens with zero attached hydrogens (tertiary/aromatic N) is 1. The molecule has 39 heavy (non-hydrogen) atoms. The fourth-order valence-corrected chi connectivity index (χ4v) is 5.37. The number of unbranched alkanes of at least 4 members (excludes halogenated alkanes) is 2. The van der Waals surface area contributed by atoms with Gasteiger partial charge in [-0.1, -0.05) is 81.5 Å². The van der Waals surface area contributed by atoms with Gasteiger partial charge in [0.05, 0.1) is 18.1 Å². The topological polar surface area (TPSA) is 65.1 Å². The van der Waals surface area contributed by atoms with Gasteiger partial charge in [0.2, 0.25) is 0 Å². The Morgan fingerprint density at radius 1 is 0.974 bits per heavy atom. The van der Waals surface area contributed by atoms with E-state index >= 15 is 0 Å². The van der Waals surface area contributed by atoms with E-state index in [1.165, 1.54) is 17.3 Å². The molecule has 0 atom stereocenters. The molecule has 0 radical (unpaired) electrons. The molecule has 0 unspecified atom stereocenters. The van der Waals surface area contributed by atoms with Crippen LogP contribution in [0.4, 0.5) is 0 Å². The molecule has 1 amide bonds. The summed E-state index contributed by atoms with van der Waals surface area (Å²) >= 11 is 6.78. The van der Waals surface area contributed by atoms with E-state index in [4.69, 9.17) is 26.4 Å². The number of carbonyl (C=O) groups is 2. The first-order valence-electron chi connectivity index (χ1n) is 13.5. The molecule has 1 heterocycles. The number of carbonyl (C=O) groups excluding carboxylic acids is 2. The van der Waals surface area contributed by atoms with Gasteiger partial charge in [0.15, 0.2) is 11.5 Å². The van der Waals surface area contributed by atoms with Gasteiger partial charge in [-0.25, -0.2) is 0 Å². The highest BCUT2D eigenvalue weighted by molar-refractivity contribution is 8.26. The van der Waals surface area contributed by atoms with Crippen LogP contribution in [0.1, 0.15) is 77.0 Å². The molecule has 210 valence electrons. The van der Waals surface area contributed by atoms with Crippen LogP contribution >= 0.6 is 24.0 Å². The second kappa shape index (κ2) is 14.5. The van der Waals surface area contributed by atoms with Crippen molar-refractivity contribution in [2.24, 2.45) is 0 Å². The third-order valence-electron chi connectivity index (χ3n) is 6.22. The Balaban J connectivity index is 1.60. The summed E-state index contributed by atoms with van der Waals surface area (Å²) in [6, 6.07) is 14.2. The summed E-state index contributed by atoms with van der Waals surface area (Å²) in [6.45, 7) is 12.2. The number of amides is 1. The van der Waals surface area contributed by atoms with E-state index < -0.39 is 0 Å². The van der Waals surface area contributed by atoms with Crippen molar-refractivity contribution in [3.8, 4) is 11.5 Å². The Bertz CT molecular complexity index is 1180. The van der Waals surface area contributed by atoms with E-state index in [9.17, 15) is 9.59 Å². The molecular weight excluding hydrogens is 530 g/mol. The second-order valence-electron chi connectivity index (χ2n) is 10.3. The second-order valence-corrected chi connectivity index (χ2v) is 12.0. The fraction of sp³-hybridized carbons (Fsp3) is 0.452. The molecule has 0 aromatic heterocycles. The van der Waals surface area contributed by atoms with E-state index in [0.717, 1.165) is 30.4 Å². The molecular formula is C31H39NO5S2. The molecule has 0 spiro atoms. The lowest BCUT2D eigenvalue weighted by atomic mass is 9.87. The van der Waals surface area contributed by atoms with E-state index in [1.54, 1.807) is 11.8 Å². The predicted octanol–water partition coefficient (Wildman–Crippen LogP) is 7.29. The Hall–Kier alpha value is -2.84. The number of rotatable bonds is 13. The minimum Gasteiger partial charge on any atom is -0.490 e. The van der Waals surface area contributed by atoms with Crippen LogP contribution in [0.5, 0.6) is 11.5 Å². The van der Waals surface area contributed by atoms with E-state index in [-0.39, 0.29) is 17.3 Å². The van der Waals surface area contributed by atoms with Crippen LogP contribution in [-0.2, 0) is 26.3 Å². The van der Waals surface area contributed by atoms with Gasteiger partial charge in [-0.05, 0) is 67.0 Å². The molecule has 2 aromatic rings. The van der Waals surface area contributed by atoms with Gasteiger partial charge >= 0.3 is 5.97 Å². The Morgan fingerprint density at radius 3 is 2.38 bits per heavy atom. The van der Waals surface area contributed by atoms with E-state index in [0.29, 0.717) is 53.5 Å². The van der Waals surface area contributed by atoms with Gasteiger partial charge < -0.3 is 14.2 Å². The molecule has 1 saturated heterocycles. The lowest BCUT2D eigenvalue weighted by Crippen LogP contribution is -2.29.